The molecule has 2 heterocycles. The molecule has 1 aliphatic rings. The number of nitrogen functional groups attached to an aromatic ring is 1. The monoisotopic (exact) mass is 400 g/mol. The number of nitrogens with two attached hydrogens (primary N) is 1. The third-order valence-corrected chi connectivity index (χ3v) is 5.58. The van der Waals surface area contributed by atoms with E-state index in [0.717, 1.165) is 5.56 Å². The van der Waals surface area contributed by atoms with E-state index in [2.05, 4.69) is 11.4 Å². The zero-order chi connectivity index (χ0) is 20.4. The van der Waals surface area contributed by atoms with Gasteiger partial charge in [0.1, 0.15) is 0 Å². The molecule has 0 fully saturated rings. The molecular formula is C23H20N4OS. The van der Waals surface area contributed by atoms with Gasteiger partial charge in [0.2, 0.25) is 11.8 Å². The molecule has 3 unspecified atom stereocenters. The highest BCUT2D eigenvalue weighted by molar-refractivity contribution is 7.63. The molecule has 4 rings (SSSR count). The largest absolute Gasteiger partial charge is 0.762 e. The molecule has 3 aromatic rings. The van der Waals surface area contributed by atoms with Gasteiger partial charge in [-0.25, -0.2) is 0 Å². The van der Waals surface area contributed by atoms with Gasteiger partial charge in [0.05, 0.1) is 17.7 Å². The minimum atomic E-state index is -1.54. The zero-order valence-electron chi connectivity index (χ0n) is 15.6. The second-order valence-electron chi connectivity index (χ2n) is 7.03. The Labute approximate surface area is 175 Å². The van der Waals surface area contributed by atoms with Crippen LogP contribution in [0.4, 0.5) is 5.69 Å². The molecular weight excluding hydrogens is 380 g/mol. The molecule has 3 atom stereocenters. The lowest BCUT2D eigenvalue weighted by Crippen LogP contribution is -2.62. The van der Waals surface area contributed by atoms with E-state index in [1.807, 2.05) is 77.5 Å². The van der Waals surface area contributed by atoms with Crippen molar-refractivity contribution >= 4 is 18.3 Å². The molecule has 0 saturated heterocycles. The topological polar surface area (TPSA) is 86.0 Å². The molecule has 29 heavy (non-hydrogen) atoms. The van der Waals surface area contributed by atoms with E-state index < -0.39 is 17.7 Å². The number of anilines is 1. The maximum absolute atomic E-state index is 12.0. The molecule has 0 radical (unpaired) electrons. The molecule has 0 saturated carbocycles. The lowest BCUT2D eigenvalue weighted by Gasteiger charge is -2.45. The van der Waals surface area contributed by atoms with Crippen LogP contribution in [-0.2, 0) is 18.4 Å². The Bertz CT molecular complexity index is 1090. The van der Waals surface area contributed by atoms with Gasteiger partial charge in [-0.2, -0.15) is 9.83 Å². The van der Waals surface area contributed by atoms with E-state index >= 15 is 0 Å². The van der Waals surface area contributed by atoms with E-state index in [4.69, 9.17) is 18.4 Å². The maximum Gasteiger partial charge on any atom is 0.225 e. The van der Waals surface area contributed by atoms with Crippen molar-refractivity contribution < 1.29 is 9.67 Å². The molecule has 0 amide bonds. The van der Waals surface area contributed by atoms with Crippen LogP contribution in [0.1, 0.15) is 23.1 Å². The first-order chi connectivity index (χ1) is 14.0. The number of rotatable bonds is 3. The molecule has 4 N–H and O–H groups in total. The molecule has 5 nitrogen and oxygen atoms in total. The predicted octanol–water partition coefficient (Wildman–Crippen LogP) is 2.61. The Hall–Kier alpha value is -3.40. The van der Waals surface area contributed by atoms with Crippen molar-refractivity contribution in [2.45, 2.75) is 17.7 Å². The number of hydrogen-bond donors (Lipinski definition) is 3. The van der Waals surface area contributed by atoms with Crippen LogP contribution in [-0.4, -0.2) is 5.11 Å². The molecule has 2 aromatic carbocycles. The SMILES string of the molecule is N#CC1=C([S-])NC(O)(c2ccccc2)C([n+]2cccc(N)c2)C1c1ccccc1. The summed E-state index contributed by atoms with van der Waals surface area (Å²) in [6.07, 6.45) is 3.61. The quantitative estimate of drug-likeness (QED) is 0.465. The Morgan fingerprint density at radius 2 is 1.69 bits per heavy atom. The minimum Gasteiger partial charge on any atom is -0.762 e. The zero-order valence-corrected chi connectivity index (χ0v) is 16.4. The summed E-state index contributed by atoms with van der Waals surface area (Å²) in [5, 5.41) is 25.2. The lowest BCUT2D eigenvalue weighted by atomic mass is 9.75. The number of nitrogens with one attached hydrogen (secondary N) is 1. The van der Waals surface area contributed by atoms with Gasteiger partial charge in [0.15, 0.2) is 12.4 Å². The van der Waals surface area contributed by atoms with Gasteiger partial charge in [-0.05, 0) is 11.6 Å². The fraction of sp³-hybridized carbons (Fsp3) is 0.130. The fourth-order valence-electron chi connectivity index (χ4n) is 3.99. The summed E-state index contributed by atoms with van der Waals surface area (Å²) in [7, 11) is 0. The van der Waals surface area contributed by atoms with Crippen molar-refractivity contribution in [2.75, 3.05) is 5.73 Å². The van der Waals surface area contributed by atoms with Crippen LogP contribution >= 0.6 is 0 Å². The van der Waals surface area contributed by atoms with Crippen LogP contribution < -0.4 is 15.6 Å². The van der Waals surface area contributed by atoms with Crippen LogP contribution in [0.25, 0.3) is 0 Å². The smallest absolute Gasteiger partial charge is 0.225 e. The van der Waals surface area contributed by atoms with Crippen molar-refractivity contribution in [3.05, 3.63) is 107 Å². The molecule has 1 aliphatic heterocycles. The van der Waals surface area contributed by atoms with Crippen molar-refractivity contribution in [1.29, 1.82) is 5.26 Å². The van der Waals surface area contributed by atoms with Crippen LogP contribution in [0.5, 0.6) is 0 Å². The number of hydrogen-bond acceptors (Lipinski definition) is 5. The van der Waals surface area contributed by atoms with Gasteiger partial charge >= 0.3 is 0 Å². The molecule has 0 bridgehead atoms. The maximum atomic E-state index is 12.0. The Morgan fingerprint density at radius 3 is 2.31 bits per heavy atom. The van der Waals surface area contributed by atoms with Crippen molar-refractivity contribution in [2.24, 2.45) is 0 Å². The van der Waals surface area contributed by atoms with Gasteiger partial charge in [0.25, 0.3) is 0 Å². The number of aliphatic hydroxyl groups is 1. The molecule has 144 valence electrons. The van der Waals surface area contributed by atoms with Crippen LogP contribution in [0.2, 0.25) is 0 Å². The summed E-state index contributed by atoms with van der Waals surface area (Å²) in [5.74, 6) is -0.466. The normalized spacial score (nSPS) is 23.9. The third kappa shape index (κ3) is 3.31. The number of aromatic nitrogens is 1. The van der Waals surface area contributed by atoms with Gasteiger partial charge in [-0.1, -0.05) is 65.7 Å². The lowest BCUT2D eigenvalue weighted by molar-refractivity contribution is -0.743. The number of nitrogens with zero attached hydrogens (tertiary/aromatic N) is 2. The van der Waals surface area contributed by atoms with Crippen LogP contribution in [0.15, 0.2) is 95.8 Å². The van der Waals surface area contributed by atoms with Gasteiger partial charge in [0, 0.05) is 17.2 Å². The van der Waals surface area contributed by atoms with Crippen LogP contribution in [0.3, 0.4) is 0 Å². The highest BCUT2D eigenvalue weighted by atomic mass is 32.1. The van der Waals surface area contributed by atoms with Gasteiger partial charge in [-0.3, -0.25) is 0 Å². The minimum absolute atomic E-state index is 0.244. The fourth-order valence-corrected chi connectivity index (χ4v) is 4.32. The first-order valence-corrected chi connectivity index (χ1v) is 9.64. The Morgan fingerprint density at radius 1 is 1.03 bits per heavy atom. The molecule has 0 spiro atoms. The second kappa shape index (κ2) is 7.55. The highest BCUT2D eigenvalue weighted by Gasteiger charge is 2.54. The summed E-state index contributed by atoms with van der Waals surface area (Å²) in [5.41, 5.74) is 7.02. The predicted molar refractivity (Wildman–Crippen MR) is 113 cm³/mol. The van der Waals surface area contributed by atoms with Crippen molar-refractivity contribution in [3.63, 3.8) is 0 Å². The standard InChI is InChI=1S/C23H20N4OS/c24-14-19-20(16-8-3-1-4-9-16)21(27-13-7-12-18(25)15-27)23(28,26-22(19)29)17-10-5-2-6-11-17/h1-13,15,20-21,26,28H,25H2. The molecule has 6 heteroatoms. The number of nitriles is 1. The number of allylic oxidation sites excluding steroid dienone is 1. The summed E-state index contributed by atoms with van der Waals surface area (Å²) in [4.78, 5) is 0. The van der Waals surface area contributed by atoms with Crippen LogP contribution in [0, 0.1) is 11.3 Å². The number of pyridine rings is 1. The van der Waals surface area contributed by atoms with E-state index in [1.54, 1.807) is 12.3 Å². The summed E-state index contributed by atoms with van der Waals surface area (Å²) in [6, 6.07) is 24.2. The van der Waals surface area contributed by atoms with E-state index in [0.29, 0.717) is 16.8 Å². The molecule has 0 aliphatic carbocycles. The van der Waals surface area contributed by atoms with E-state index in [-0.39, 0.29) is 5.03 Å². The second-order valence-corrected chi connectivity index (χ2v) is 7.44. The summed E-state index contributed by atoms with van der Waals surface area (Å²) in [6.45, 7) is 0. The summed E-state index contributed by atoms with van der Waals surface area (Å²) >= 11 is 5.52. The third-order valence-electron chi connectivity index (χ3n) is 5.26. The molecule has 1 aromatic heterocycles. The first kappa shape index (κ1) is 18.9. The Balaban J connectivity index is 2.02. The highest BCUT2D eigenvalue weighted by Crippen LogP contribution is 2.46. The average molecular weight is 401 g/mol. The first-order valence-electron chi connectivity index (χ1n) is 9.23. The average Bonchev–Trinajstić information content (AvgIpc) is 2.74. The van der Waals surface area contributed by atoms with Gasteiger partial charge < -0.3 is 28.8 Å². The van der Waals surface area contributed by atoms with E-state index in [1.165, 1.54) is 0 Å². The Kier molecular flexibility index (Phi) is 4.93. The van der Waals surface area contributed by atoms with Crippen molar-refractivity contribution in [1.82, 2.24) is 5.32 Å². The van der Waals surface area contributed by atoms with Gasteiger partial charge in [-0.15, -0.1) is 0 Å². The van der Waals surface area contributed by atoms with Crippen molar-refractivity contribution in [3.8, 4) is 6.07 Å². The van der Waals surface area contributed by atoms with E-state index in [9.17, 15) is 10.4 Å². The summed E-state index contributed by atoms with van der Waals surface area (Å²) < 4.78 is 1.85. The number of benzene rings is 2.